The van der Waals surface area contributed by atoms with Crippen molar-refractivity contribution >= 4 is 0 Å². The van der Waals surface area contributed by atoms with Crippen molar-refractivity contribution in [2.24, 2.45) is 17.3 Å². The molecule has 0 aromatic rings. The summed E-state index contributed by atoms with van der Waals surface area (Å²) in [4.78, 5) is 4.97. The number of hydrogen-bond donors (Lipinski definition) is 2. The first kappa shape index (κ1) is 17.7. The fourth-order valence-corrected chi connectivity index (χ4v) is 5.07. The number of hydrogen-bond acceptors (Lipinski definition) is 3. The van der Waals surface area contributed by atoms with Gasteiger partial charge in [0.15, 0.2) is 0 Å². The maximum atomic E-state index is 10.3. The molecule has 0 spiro atoms. The molecule has 2 aliphatic rings. The Morgan fingerprint density at radius 1 is 1.41 bits per heavy atom. The van der Waals surface area contributed by atoms with E-state index in [0.29, 0.717) is 18.3 Å². The Labute approximate surface area is 135 Å². The molecule has 0 aliphatic heterocycles. The van der Waals surface area contributed by atoms with Gasteiger partial charge < -0.3 is 5.11 Å². The molecule has 2 N–H and O–H groups in total. The van der Waals surface area contributed by atoms with Crippen LogP contribution in [0.1, 0.15) is 65.7 Å². The number of aliphatic hydroxyl groups is 1. The highest BCUT2D eigenvalue weighted by Gasteiger charge is 2.55. The normalized spacial score (nSPS) is 41.6. The van der Waals surface area contributed by atoms with Gasteiger partial charge in [-0.1, -0.05) is 25.2 Å². The molecular weight excluding hydrogens is 276 g/mol. The van der Waals surface area contributed by atoms with Crippen LogP contribution < -0.4 is 0 Å². The van der Waals surface area contributed by atoms with Crippen molar-refractivity contribution in [3.05, 3.63) is 24.8 Å². The maximum Gasteiger partial charge on any atom is 0.104 e. The molecule has 0 aromatic carbocycles. The van der Waals surface area contributed by atoms with Crippen LogP contribution in [0.2, 0.25) is 0 Å². The van der Waals surface area contributed by atoms with E-state index in [0.717, 1.165) is 38.5 Å². The molecule has 5 atom stereocenters. The maximum absolute atomic E-state index is 10.3. The van der Waals surface area contributed by atoms with Crippen molar-refractivity contribution in [2.75, 3.05) is 0 Å². The third-order valence-corrected chi connectivity index (χ3v) is 6.55. The lowest BCUT2D eigenvalue weighted by Gasteiger charge is -2.57. The second-order valence-electron chi connectivity index (χ2n) is 8.17. The molecule has 0 heterocycles. The predicted molar refractivity (Wildman–Crippen MR) is 89.5 cm³/mol. The molecule has 2 fully saturated rings. The second-order valence-corrected chi connectivity index (χ2v) is 8.17. The van der Waals surface area contributed by atoms with Crippen LogP contribution in [0, 0.1) is 17.3 Å². The van der Waals surface area contributed by atoms with Gasteiger partial charge in [-0.15, -0.1) is 6.58 Å². The van der Waals surface area contributed by atoms with Gasteiger partial charge in [-0.05, 0) is 76.0 Å². The minimum atomic E-state index is -0.824. The molecule has 2 aliphatic carbocycles. The highest BCUT2D eigenvalue weighted by atomic mass is 17.1. The fourth-order valence-electron chi connectivity index (χ4n) is 5.07. The minimum Gasteiger partial charge on any atom is -0.386 e. The van der Waals surface area contributed by atoms with Crippen LogP contribution in [0.5, 0.6) is 0 Å². The van der Waals surface area contributed by atoms with Crippen molar-refractivity contribution < 1.29 is 15.3 Å². The van der Waals surface area contributed by atoms with E-state index in [9.17, 15) is 10.4 Å². The lowest BCUT2D eigenvalue weighted by Crippen LogP contribution is -2.54. The van der Waals surface area contributed by atoms with E-state index in [1.54, 1.807) is 6.08 Å². The van der Waals surface area contributed by atoms with Gasteiger partial charge in [-0.25, -0.2) is 4.89 Å². The first-order valence-corrected chi connectivity index (χ1v) is 8.55. The van der Waals surface area contributed by atoms with Gasteiger partial charge >= 0.3 is 0 Å². The smallest absolute Gasteiger partial charge is 0.104 e. The Morgan fingerprint density at radius 3 is 2.68 bits per heavy atom. The number of allylic oxidation sites excluding steroid dienone is 1. The first-order valence-electron chi connectivity index (χ1n) is 8.55. The highest BCUT2D eigenvalue weighted by molar-refractivity contribution is 5.17. The summed E-state index contributed by atoms with van der Waals surface area (Å²) in [5, 5.41) is 19.7. The van der Waals surface area contributed by atoms with Crippen LogP contribution >= 0.6 is 0 Å². The van der Waals surface area contributed by atoms with Crippen molar-refractivity contribution in [3.8, 4) is 0 Å². The zero-order valence-electron chi connectivity index (χ0n) is 14.4. The summed E-state index contributed by atoms with van der Waals surface area (Å²) in [5.41, 5.74) is 0.102. The van der Waals surface area contributed by atoms with Crippen LogP contribution in [0.25, 0.3) is 0 Å². The number of fused-ring (bicyclic) bond motifs is 1. The van der Waals surface area contributed by atoms with Crippen molar-refractivity contribution in [3.63, 3.8) is 0 Å². The molecule has 5 unspecified atom stereocenters. The highest BCUT2D eigenvalue weighted by Crippen LogP contribution is 2.60. The van der Waals surface area contributed by atoms with Crippen LogP contribution in [-0.4, -0.2) is 21.6 Å². The first-order chi connectivity index (χ1) is 10.2. The van der Waals surface area contributed by atoms with Crippen molar-refractivity contribution in [1.82, 2.24) is 0 Å². The van der Waals surface area contributed by atoms with Gasteiger partial charge in [0, 0.05) is 0 Å². The van der Waals surface area contributed by atoms with Crippen LogP contribution in [0.15, 0.2) is 24.8 Å². The molecule has 2 rings (SSSR count). The molecule has 126 valence electrons. The molecular formula is C19H32O3. The van der Waals surface area contributed by atoms with Crippen molar-refractivity contribution in [2.45, 2.75) is 76.9 Å². The summed E-state index contributed by atoms with van der Waals surface area (Å²) in [6.45, 7) is 14.2. The quantitative estimate of drug-likeness (QED) is 0.439. The van der Waals surface area contributed by atoms with Gasteiger partial charge in [0.25, 0.3) is 0 Å². The Hall–Kier alpha value is -0.640. The van der Waals surface area contributed by atoms with E-state index in [2.05, 4.69) is 20.1 Å². The average molecular weight is 308 g/mol. The van der Waals surface area contributed by atoms with E-state index in [1.807, 2.05) is 13.8 Å². The van der Waals surface area contributed by atoms with Crippen LogP contribution in [-0.2, 0) is 4.89 Å². The zero-order valence-corrected chi connectivity index (χ0v) is 14.4. The molecule has 0 saturated heterocycles. The standard InChI is InChI=1S/C19H32O3/c1-6-17(3,20)13-10-15-14(2)8-9-16-18(15,4)11-7-12-19(16,5)22-21/h6,15-16,20-21H,1-2,7-13H2,3-5H3. The van der Waals surface area contributed by atoms with E-state index in [1.165, 1.54) is 5.57 Å². The summed E-state index contributed by atoms with van der Waals surface area (Å²) < 4.78 is 0. The monoisotopic (exact) mass is 308 g/mol. The van der Waals surface area contributed by atoms with E-state index in [4.69, 9.17) is 4.89 Å². The van der Waals surface area contributed by atoms with Gasteiger partial charge in [0.2, 0.25) is 0 Å². The fraction of sp³-hybridized carbons (Fsp3) is 0.789. The summed E-state index contributed by atoms with van der Waals surface area (Å²) >= 11 is 0. The lowest BCUT2D eigenvalue weighted by atomic mass is 9.49. The predicted octanol–water partition coefficient (Wildman–Crippen LogP) is 4.72. The van der Waals surface area contributed by atoms with Gasteiger partial charge in [0.1, 0.15) is 5.60 Å². The summed E-state index contributed by atoms with van der Waals surface area (Å²) in [5.74, 6) is 0.704. The van der Waals surface area contributed by atoms with E-state index < -0.39 is 11.2 Å². The molecule has 0 aromatic heterocycles. The Bertz CT molecular complexity index is 442. The Balaban J connectivity index is 2.24. The largest absolute Gasteiger partial charge is 0.386 e. The minimum absolute atomic E-state index is 0.0856. The zero-order chi connectivity index (χ0) is 16.6. The SMILES string of the molecule is C=CC(C)(O)CCC1C(=C)CCC2C(C)(OO)CCCC12C. The molecule has 3 heteroatoms. The van der Waals surface area contributed by atoms with E-state index in [-0.39, 0.29) is 5.41 Å². The molecule has 3 nitrogen and oxygen atoms in total. The molecule has 0 radical (unpaired) electrons. The van der Waals surface area contributed by atoms with Crippen LogP contribution in [0.4, 0.5) is 0 Å². The lowest BCUT2D eigenvalue weighted by molar-refractivity contribution is -0.353. The summed E-state index contributed by atoms with van der Waals surface area (Å²) in [6.07, 6.45) is 8.35. The van der Waals surface area contributed by atoms with Gasteiger partial charge in [-0.2, -0.15) is 0 Å². The third kappa shape index (κ3) is 3.04. The van der Waals surface area contributed by atoms with Gasteiger partial charge in [-0.3, -0.25) is 5.26 Å². The summed E-state index contributed by atoms with van der Waals surface area (Å²) in [7, 11) is 0. The Kier molecular flexibility index (Phi) is 4.91. The van der Waals surface area contributed by atoms with Gasteiger partial charge in [0.05, 0.1) is 5.60 Å². The summed E-state index contributed by atoms with van der Waals surface area (Å²) in [6, 6.07) is 0. The Morgan fingerprint density at radius 2 is 2.09 bits per heavy atom. The second kappa shape index (κ2) is 6.10. The van der Waals surface area contributed by atoms with Crippen LogP contribution in [0.3, 0.4) is 0 Å². The van der Waals surface area contributed by atoms with Crippen molar-refractivity contribution in [1.29, 1.82) is 0 Å². The number of rotatable bonds is 5. The molecule has 0 bridgehead atoms. The molecule has 0 amide bonds. The third-order valence-electron chi connectivity index (χ3n) is 6.55. The molecule has 2 saturated carbocycles. The average Bonchev–Trinajstić information content (AvgIpc) is 2.46. The molecule has 22 heavy (non-hydrogen) atoms. The van der Waals surface area contributed by atoms with E-state index >= 15 is 0 Å². The topological polar surface area (TPSA) is 49.7 Å².